The quantitative estimate of drug-likeness (QED) is 0.534. The van der Waals surface area contributed by atoms with Gasteiger partial charge in [0, 0.05) is 28.0 Å². The van der Waals surface area contributed by atoms with Crippen molar-refractivity contribution in [1.82, 2.24) is 4.98 Å². The van der Waals surface area contributed by atoms with Crippen molar-refractivity contribution in [3.63, 3.8) is 0 Å². The van der Waals surface area contributed by atoms with Gasteiger partial charge in [-0.2, -0.15) is 0 Å². The molecule has 0 unspecified atom stereocenters. The number of benzene rings is 3. The molecule has 0 saturated heterocycles. The van der Waals surface area contributed by atoms with Crippen molar-refractivity contribution >= 4 is 37.4 Å². The number of phenolic OH excluding ortho intramolecular Hbond substituents is 1. The Labute approximate surface area is 151 Å². The Kier molecular flexibility index (Phi) is 3.77. The van der Waals surface area contributed by atoms with Gasteiger partial charge in [-0.3, -0.25) is 9.71 Å². The number of pyridine rings is 1. The third kappa shape index (κ3) is 2.84. The molecule has 0 bridgehead atoms. The minimum absolute atomic E-state index is 0.133. The molecule has 0 amide bonds. The number of aryl methyl sites for hydroxylation is 1. The zero-order valence-electron chi connectivity index (χ0n) is 14.0. The van der Waals surface area contributed by atoms with Crippen LogP contribution in [0.3, 0.4) is 0 Å². The van der Waals surface area contributed by atoms with E-state index in [1.54, 1.807) is 60.8 Å². The highest BCUT2D eigenvalue weighted by molar-refractivity contribution is 7.92. The summed E-state index contributed by atoms with van der Waals surface area (Å²) in [6.45, 7) is 1.90. The number of rotatable bonds is 3. The van der Waals surface area contributed by atoms with Gasteiger partial charge in [0.15, 0.2) is 0 Å². The molecular formula is C20H16N2O3S. The van der Waals surface area contributed by atoms with E-state index in [9.17, 15) is 13.5 Å². The molecule has 2 N–H and O–H groups in total. The van der Waals surface area contributed by atoms with Crippen LogP contribution in [0.2, 0.25) is 0 Å². The monoisotopic (exact) mass is 364 g/mol. The van der Waals surface area contributed by atoms with E-state index < -0.39 is 10.0 Å². The Morgan fingerprint density at radius 1 is 0.962 bits per heavy atom. The first kappa shape index (κ1) is 16.4. The molecule has 0 spiro atoms. The summed E-state index contributed by atoms with van der Waals surface area (Å²) in [7, 11) is -3.70. The highest BCUT2D eigenvalue weighted by Gasteiger charge is 2.15. The largest absolute Gasteiger partial charge is 0.507 e. The van der Waals surface area contributed by atoms with Crippen molar-refractivity contribution in [2.75, 3.05) is 4.72 Å². The van der Waals surface area contributed by atoms with Crippen LogP contribution < -0.4 is 4.72 Å². The number of aromatic hydroxyl groups is 1. The molecule has 0 atom stereocenters. The number of nitrogens with zero attached hydrogens (tertiary/aromatic N) is 1. The molecule has 1 aromatic heterocycles. The third-order valence-electron chi connectivity index (χ3n) is 4.27. The molecule has 0 aliphatic carbocycles. The highest BCUT2D eigenvalue weighted by Crippen LogP contribution is 2.33. The Bertz CT molecular complexity index is 1230. The molecule has 0 radical (unpaired) electrons. The van der Waals surface area contributed by atoms with E-state index in [2.05, 4.69) is 9.71 Å². The molecule has 4 aromatic rings. The molecule has 3 aromatic carbocycles. The molecule has 130 valence electrons. The van der Waals surface area contributed by atoms with Crippen LogP contribution in [-0.4, -0.2) is 18.5 Å². The summed E-state index contributed by atoms with van der Waals surface area (Å²) < 4.78 is 27.8. The smallest absolute Gasteiger partial charge is 0.261 e. The molecule has 0 aliphatic rings. The lowest BCUT2D eigenvalue weighted by atomic mass is 10.0. The topological polar surface area (TPSA) is 79.3 Å². The number of sulfonamides is 1. The average molecular weight is 364 g/mol. The molecule has 0 aliphatic heterocycles. The third-order valence-corrected chi connectivity index (χ3v) is 5.66. The van der Waals surface area contributed by atoms with Crippen LogP contribution in [0.25, 0.3) is 21.7 Å². The predicted octanol–water partition coefficient (Wildman–Crippen LogP) is 4.20. The first-order valence-corrected chi connectivity index (χ1v) is 9.52. The van der Waals surface area contributed by atoms with Crippen molar-refractivity contribution in [3.8, 4) is 5.75 Å². The predicted molar refractivity (Wildman–Crippen MR) is 103 cm³/mol. The van der Waals surface area contributed by atoms with Gasteiger partial charge in [0.25, 0.3) is 10.0 Å². The molecule has 0 saturated carbocycles. The second kappa shape index (κ2) is 6.00. The molecule has 4 rings (SSSR count). The van der Waals surface area contributed by atoms with Gasteiger partial charge < -0.3 is 5.11 Å². The van der Waals surface area contributed by atoms with Crippen LogP contribution in [-0.2, 0) is 10.0 Å². The Morgan fingerprint density at radius 2 is 1.73 bits per heavy atom. The zero-order valence-corrected chi connectivity index (χ0v) is 14.8. The first-order valence-electron chi connectivity index (χ1n) is 8.04. The van der Waals surface area contributed by atoms with E-state index in [1.165, 1.54) is 0 Å². The maximum Gasteiger partial charge on any atom is 0.261 e. The number of hydrogen-bond acceptors (Lipinski definition) is 4. The van der Waals surface area contributed by atoms with Crippen LogP contribution in [0.4, 0.5) is 5.69 Å². The second-order valence-corrected chi connectivity index (χ2v) is 7.83. The van der Waals surface area contributed by atoms with Crippen molar-refractivity contribution < 1.29 is 13.5 Å². The standard InChI is InChI=1S/C20H16N2O3S/c1-13-4-7-16(8-5-13)26(24,25)22-15-6-9-17-18(12-15)20-14(11-19(17)23)3-2-10-21-20/h2-12,22-23H,1H3. The fraction of sp³-hybridized carbons (Fsp3) is 0.0500. The lowest BCUT2D eigenvalue weighted by molar-refractivity contribution is 0.482. The summed E-state index contributed by atoms with van der Waals surface area (Å²) in [6, 6.07) is 16.9. The lowest BCUT2D eigenvalue weighted by Crippen LogP contribution is -2.12. The summed E-state index contributed by atoms with van der Waals surface area (Å²) >= 11 is 0. The lowest BCUT2D eigenvalue weighted by Gasteiger charge is -2.11. The van der Waals surface area contributed by atoms with Crippen molar-refractivity contribution in [2.45, 2.75) is 11.8 Å². The molecular weight excluding hydrogens is 348 g/mol. The van der Waals surface area contributed by atoms with E-state index >= 15 is 0 Å². The number of aromatic nitrogens is 1. The summed E-state index contributed by atoms with van der Waals surface area (Å²) in [5.41, 5.74) is 2.11. The highest BCUT2D eigenvalue weighted by atomic mass is 32.2. The summed E-state index contributed by atoms with van der Waals surface area (Å²) in [4.78, 5) is 4.56. The Balaban J connectivity index is 1.82. The molecule has 26 heavy (non-hydrogen) atoms. The fourth-order valence-corrected chi connectivity index (χ4v) is 3.99. The van der Waals surface area contributed by atoms with Crippen LogP contribution in [0.1, 0.15) is 5.56 Å². The van der Waals surface area contributed by atoms with E-state index in [0.717, 1.165) is 10.9 Å². The SMILES string of the molecule is Cc1ccc(S(=O)(=O)Nc2ccc3c(O)cc4cccnc4c3c2)cc1. The van der Waals surface area contributed by atoms with Crippen LogP contribution >= 0.6 is 0 Å². The van der Waals surface area contributed by atoms with Gasteiger partial charge in [-0.15, -0.1) is 0 Å². The first-order chi connectivity index (χ1) is 12.4. The number of fused-ring (bicyclic) bond motifs is 3. The molecule has 0 fully saturated rings. The number of anilines is 1. The van der Waals surface area contributed by atoms with Crippen molar-refractivity contribution in [2.24, 2.45) is 0 Å². The Hall–Kier alpha value is -3.12. The van der Waals surface area contributed by atoms with E-state index in [1.807, 2.05) is 13.0 Å². The van der Waals surface area contributed by atoms with E-state index in [4.69, 9.17) is 0 Å². The Morgan fingerprint density at radius 3 is 2.50 bits per heavy atom. The van der Waals surface area contributed by atoms with E-state index in [-0.39, 0.29) is 10.6 Å². The van der Waals surface area contributed by atoms with E-state index in [0.29, 0.717) is 22.0 Å². The minimum atomic E-state index is -3.70. The van der Waals surface area contributed by atoms with Crippen molar-refractivity contribution in [3.05, 3.63) is 72.4 Å². The second-order valence-electron chi connectivity index (χ2n) is 6.15. The average Bonchev–Trinajstić information content (AvgIpc) is 2.62. The van der Waals surface area contributed by atoms with Gasteiger partial charge in [0.1, 0.15) is 5.75 Å². The summed E-state index contributed by atoms with van der Waals surface area (Å²) in [5.74, 6) is 0.133. The van der Waals surface area contributed by atoms with Gasteiger partial charge in [0.2, 0.25) is 0 Å². The number of nitrogens with one attached hydrogen (secondary N) is 1. The molecule has 6 heteroatoms. The maximum absolute atomic E-state index is 12.6. The van der Waals surface area contributed by atoms with Crippen LogP contribution in [0.5, 0.6) is 5.75 Å². The molecule has 1 heterocycles. The summed E-state index contributed by atoms with van der Waals surface area (Å²) in [5, 5.41) is 12.3. The van der Waals surface area contributed by atoms with Crippen molar-refractivity contribution in [1.29, 1.82) is 0 Å². The normalized spacial score (nSPS) is 11.7. The maximum atomic E-state index is 12.6. The number of phenols is 1. The summed E-state index contributed by atoms with van der Waals surface area (Å²) in [6.07, 6.45) is 1.67. The molecule has 5 nitrogen and oxygen atoms in total. The number of hydrogen-bond donors (Lipinski definition) is 2. The van der Waals surface area contributed by atoms with Gasteiger partial charge >= 0.3 is 0 Å². The van der Waals surface area contributed by atoms with Crippen LogP contribution in [0, 0.1) is 6.92 Å². The van der Waals surface area contributed by atoms with Crippen LogP contribution in [0.15, 0.2) is 71.8 Å². The minimum Gasteiger partial charge on any atom is -0.507 e. The van der Waals surface area contributed by atoms with Gasteiger partial charge in [-0.1, -0.05) is 23.8 Å². The fourth-order valence-electron chi connectivity index (χ4n) is 2.94. The van der Waals surface area contributed by atoms with Gasteiger partial charge in [0.05, 0.1) is 10.4 Å². The zero-order chi connectivity index (χ0) is 18.3. The van der Waals surface area contributed by atoms with Gasteiger partial charge in [-0.25, -0.2) is 8.42 Å². The van der Waals surface area contributed by atoms with Gasteiger partial charge in [-0.05, 0) is 49.4 Å².